The van der Waals surface area contributed by atoms with Crippen molar-refractivity contribution in [3.63, 3.8) is 0 Å². The molecule has 0 spiro atoms. The fourth-order valence-electron chi connectivity index (χ4n) is 5.86. The van der Waals surface area contributed by atoms with E-state index in [9.17, 15) is 39.9 Å². The summed E-state index contributed by atoms with van der Waals surface area (Å²) in [5, 5.41) is 54.2. The molecule has 5 rings (SSSR count). The number of ketones is 3. The van der Waals surface area contributed by atoms with E-state index in [2.05, 4.69) is 3.13 Å². The van der Waals surface area contributed by atoms with Gasteiger partial charge in [-0.1, -0.05) is 12.1 Å². The van der Waals surface area contributed by atoms with Gasteiger partial charge in [0.15, 0.2) is 0 Å². The summed E-state index contributed by atoms with van der Waals surface area (Å²) in [6.07, 6.45) is -4.52. The van der Waals surface area contributed by atoms with Gasteiger partial charge in [-0.25, -0.2) is 0 Å². The van der Waals surface area contributed by atoms with Gasteiger partial charge in [0.25, 0.3) is 0 Å². The number of carbonyl (C=O) groups is 3. The van der Waals surface area contributed by atoms with Gasteiger partial charge in [0, 0.05) is 0 Å². The molecule has 1 aliphatic heterocycles. The van der Waals surface area contributed by atoms with Crippen LogP contribution in [0.4, 0.5) is 0 Å². The first-order valence-corrected chi connectivity index (χ1v) is 14.6. The molecule has 6 atom stereocenters. The number of carbonyl (C=O) groups excluding carboxylic acids is 3. The van der Waals surface area contributed by atoms with Crippen LogP contribution in [0.15, 0.2) is 18.2 Å². The molecule has 4 unspecified atom stereocenters. The number of hydrogen-bond acceptors (Lipinski definition) is 12. The fraction of sp³-hybridized carbons (Fsp3) is 0.444. The maximum absolute atomic E-state index is 13.7. The van der Waals surface area contributed by atoms with Gasteiger partial charge in [-0.3, -0.25) is 0 Å². The monoisotopic (exact) mass is 750 g/mol. The summed E-state index contributed by atoms with van der Waals surface area (Å²) in [7, 11) is 1.33. The molecule has 0 bridgehead atoms. The SMILES string of the molecule is COc1cccc2c1C(=O)c1c(O)c3c(c(O)c1C2=O)C[C@@](O)(C(=O)CO)C[C@@H]3OC1CC([NH][Pb])C(O)C(C)O1. The second-order valence-electron chi connectivity index (χ2n) is 10.2. The van der Waals surface area contributed by atoms with Crippen LogP contribution in [0.25, 0.3) is 0 Å². The number of ether oxygens (including phenoxy) is 3. The third-order valence-corrected chi connectivity index (χ3v) is 9.39. The second-order valence-corrected chi connectivity index (χ2v) is 11.4. The zero-order valence-electron chi connectivity index (χ0n) is 21.6. The van der Waals surface area contributed by atoms with Gasteiger partial charge in [0.1, 0.15) is 0 Å². The third kappa shape index (κ3) is 4.45. The summed E-state index contributed by atoms with van der Waals surface area (Å²) in [6.45, 7) is 0.651. The van der Waals surface area contributed by atoms with E-state index >= 15 is 0 Å². The third-order valence-electron chi connectivity index (χ3n) is 7.95. The van der Waals surface area contributed by atoms with Crippen molar-refractivity contribution in [3.05, 3.63) is 51.6 Å². The molecule has 0 aromatic heterocycles. The number of fused-ring (bicyclic) bond motifs is 3. The number of aromatic hydroxyl groups is 2. The average molecular weight is 750 g/mol. The van der Waals surface area contributed by atoms with Crippen molar-refractivity contribution in [1.82, 2.24) is 3.13 Å². The number of rotatable bonds is 6. The predicted octanol–water partition coefficient (Wildman–Crippen LogP) is -0.284. The molecule has 0 saturated carbocycles. The van der Waals surface area contributed by atoms with Gasteiger partial charge in [0.2, 0.25) is 0 Å². The first-order valence-electron chi connectivity index (χ1n) is 12.6. The van der Waals surface area contributed by atoms with Crippen LogP contribution in [0, 0.1) is 0 Å². The molecule has 1 heterocycles. The normalized spacial score (nSPS) is 29.4. The molecule has 1 fully saturated rings. The quantitative estimate of drug-likeness (QED) is 0.143. The molecular formula is C27H28NO11Pb. The van der Waals surface area contributed by atoms with E-state index in [1.807, 2.05) is 0 Å². The Balaban J connectivity index is 1.68. The number of aliphatic hydroxyl groups is 3. The summed E-state index contributed by atoms with van der Waals surface area (Å²) in [6, 6.07) is 4.03. The molecule has 12 nitrogen and oxygen atoms in total. The number of benzene rings is 2. The minimum absolute atomic E-state index is 0.0402. The van der Waals surface area contributed by atoms with Crippen molar-refractivity contribution in [2.24, 2.45) is 0 Å². The fourth-order valence-corrected chi connectivity index (χ4v) is 6.98. The number of methoxy groups -OCH3 is 1. The van der Waals surface area contributed by atoms with Gasteiger partial charge in [0.05, 0.1) is 7.11 Å². The second kappa shape index (κ2) is 10.7. The number of nitrogens with one attached hydrogen (secondary N) is 1. The van der Waals surface area contributed by atoms with E-state index in [1.54, 1.807) is 6.92 Å². The van der Waals surface area contributed by atoms with Gasteiger partial charge >= 0.3 is 216 Å². The van der Waals surface area contributed by atoms with Crippen LogP contribution < -0.4 is 7.86 Å². The molecule has 2 aromatic rings. The number of phenols is 2. The maximum atomic E-state index is 13.7. The summed E-state index contributed by atoms with van der Waals surface area (Å²) >= 11 is 0.572. The average Bonchev–Trinajstić information content (AvgIpc) is 2.94. The van der Waals surface area contributed by atoms with Gasteiger partial charge in [-0.15, -0.1) is 0 Å². The predicted molar refractivity (Wildman–Crippen MR) is 136 cm³/mol. The van der Waals surface area contributed by atoms with Gasteiger partial charge in [-0.2, -0.15) is 0 Å². The van der Waals surface area contributed by atoms with Crippen LogP contribution in [0.2, 0.25) is 0 Å². The Bertz CT molecular complexity index is 1410. The number of hydrogen-bond donors (Lipinski definition) is 6. The van der Waals surface area contributed by atoms with E-state index in [0.29, 0.717) is 26.1 Å². The summed E-state index contributed by atoms with van der Waals surface area (Å²) in [5.74, 6) is -3.66. The topological polar surface area (TPSA) is 192 Å². The minimum atomic E-state index is -2.22. The molecule has 2 aromatic carbocycles. The van der Waals surface area contributed by atoms with Crippen LogP contribution in [0.5, 0.6) is 17.2 Å². The number of phenolic OH excluding ortho intramolecular Hbond substituents is 2. The van der Waals surface area contributed by atoms with E-state index < -0.39 is 89.6 Å². The van der Waals surface area contributed by atoms with E-state index in [0.717, 1.165) is 0 Å². The van der Waals surface area contributed by atoms with E-state index in [-0.39, 0.29) is 40.5 Å². The molecule has 3 aliphatic rings. The molecule has 40 heavy (non-hydrogen) atoms. The van der Waals surface area contributed by atoms with Crippen LogP contribution in [-0.2, 0) is 20.7 Å². The van der Waals surface area contributed by atoms with Gasteiger partial charge in [-0.05, 0) is 6.07 Å². The van der Waals surface area contributed by atoms with Crippen LogP contribution in [0.1, 0.15) is 68.8 Å². The first kappa shape index (κ1) is 29.0. The molecule has 1 saturated heterocycles. The van der Waals surface area contributed by atoms with Crippen molar-refractivity contribution in [2.45, 2.75) is 62.4 Å². The van der Waals surface area contributed by atoms with E-state index in [1.165, 1.54) is 25.3 Å². The van der Waals surface area contributed by atoms with E-state index in [4.69, 9.17) is 14.2 Å². The molecular weight excluding hydrogens is 721 g/mol. The summed E-state index contributed by atoms with van der Waals surface area (Å²) in [5.41, 5.74) is -3.48. The summed E-state index contributed by atoms with van der Waals surface area (Å²) in [4.78, 5) is 39.9. The molecule has 211 valence electrons. The zero-order chi connectivity index (χ0) is 29.1. The Labute approximate surface area is 245 Å². The van der Waals surface area contributed by atoms with Crippen LogP contribution >= 0.6 is 0 Å². The number of Topliss-reactive ketones (excluding diaryl/α,β-unsaturated/α-hetero) is 1. The Morgan fingerprint density at radius 1 is 1.18 bits per heavy atom. The molecule has 6 N–H and O–H groups in total. The van der Waals surface area contributed by atoms with Crippen molar-refractivity contribution < 1.29 is 54.1 Å². The Morgan fingerprint density at radius 2 is 1.88 bits per heavy atom. The van der Waals surface area contributed by atoms with Crippen molar-refractivity contribution in [3.8, 4) is 17.2 Å². The Hall–Kier alpha value is -2.47. The van der Waals surface area contributed by atoms with Gasteiger partial charge < -0.3 is 4.74 Å². The van der Waals surface area contributed by atoms with Crippen molar-refractivity contribution in [2.75, 3.05) is 13.7 Å². The van der Waals surface area contributed by atoms with Crippen LogP contribution in [0.3, 0.4) is 0 Å². The Kier molecular flexibility index (Phi) is 7.80. The zero-order valence-corrected chi connectivity index (χ0v) is 25.5. The molecule has 2 aliphatic carbocycles. The summed E-state index contributed by atoms with van der Waals surface area (Å²) < 4.78 is 20.4. The first-order chi connectivity index (χ1) is 19.0. The van der Waals surface area contributed by atoms with Crippen molar-refractivity contribution >= 4 is 43.4 Å². The number of aliphatic hydroxyl groups excluding tert-OH is 2. The molecule has 3 radical (unpaired) electrons. The van der Waals surface area contributed by atoms with Crippen molar-refractivity contribution in [1.29, 1.82) is 0 Å². The van der Waals surface area contributed by atoms with Crippen LogP contribution in [-0.4, -0.2) is 113 Å². The Morgan fingerprint density at radius 3 is 2.52 bits per heavy atom. The molecule has 13 heteroatoms. The molecule has 0 amide bonds. The standard InChI is InChI=1S/C27H28NO11.Pb/c1-10-22(31)13(28)6-17(38-10)39-15-8-27(36,16(30)9-29)7-12-19(15)26(35)21-20(24(12)33)23(32)11-4-3-5-14(37-2)18(11)25(21)34;/h3-5,10,13,15,17,22,28-29,31,33,35-36H,6-9H2,1-2H3;/q-1;+1/t10?,13?,15-,17?,22?,27-;/m0./s1.